The van der Waals surface area contributed by atoms with E-state index in [1.807, 2.05) is 6.92 Å². The van der Waals surface area contributed by atoms with Gasteiger partial charge < -0.3 is 5.32 Å². The minimum atomic E-state index is -3.59. The molecule has 0 atom stereocenters. The quantitative estimate of drug-likeness (QED) is 0.607. The molecule has 2 aromatic carbocycles. The standard InChI is InChI=1S/C17H14ClFN2O2S2/c1-11-2-9-17(24-11)25(22,23)21-13-5-3-12(4-6-13)20-14-7-8-16(19)15(18)10-14/h2-10,20-21H,1H3. The Bertz CT molecular complexity index is 1000. The third-order valence-electron chi connectivity index (χ3n) is 3.33. The molecule has 3 aromatic rings. The van der Waals surface area contributed by atoms with Crippen LogP contribution >= 0.6 is 22.9 Å². The predicted octanol–water partition coefficient (Wildman–Crippen LogP) is 5.39. The highest BCUT2D eigenvalue weighted by molar-refractivity contribution is 7.94. The van der Waals surface area contributed by atoms with Gasteiger partial charge in [0.2, 0.25) is 0 Å². The van der Waals surface area contributed by atoms with E-state index in [9.17, 15) is 12.8 Å². The van der Waals surface area contributed by atoms with Crippen LogP contribution in [0.15, 0.2) is 58.8 Å². The van der Waals surface area contributed by atoms with Crippen LogP contribution in [0.1, 0.15) is 4.88 Å². The van der Waals surface area contributed by atoms with Crippen molar-refractivity contribution in [2.75, 3.05) is 10.0 Å². The largest absolute Gasteiger partial charge is 0.355 e. The Morgan fingerprint density at radius 3 is 2.20 bits per heavy atom. The lowest BCUT2D eigenvalue weighted by Crippen LogP contribution is -2.11. The summed E-state index contributed by atoms with van der Waals surface area (Å²) in [6.45, 7) is 1.85. The van der Waals surface area contributed by atoms with Gasteiger partial charge in [0.05, 0.1) is 5.02 Å². The van der Waals surface area contributed by atoms with Gasteiger partial charge in [-0.2, -0.15) is 0 Å². The number of sulfonamides is 1. The first kappa shape index (κ1) is 17.7. The van der Waals surface area contributed by atoms with Crippen molar-refractivity contribution in [1.29, 1.82) is 0 Å². The molecular formula is C17H14ClFN2O2S2. The number of hydrogen-bond acceptors (Lipinski definition) is 4. The van der Waals surface area contributed by atoms with Crippen molar-refractivity contribution in [1.82, 2.24) is 0 Å². The molecule has 0 radical (unpaired) electrons. The van der Waals surface area contributed by atoms with E-state index in [-0.39, 0.29) is 9.23 Å². The summed E-state index contributed by atoms with van der Waals surface area (Å²) in [5.41, 5.74) is 1.81. The first-order chi connectivity index (χ1) is 11.8. The molecule has 0 unspecified atom stereocenters. The number of nitrogens with one attached hydrogen (secondary N) is 2. The van der Waals surface area contributed by atoms with Crippen LogP contribution in [0, 0.1) is 12.7 Å². The second-order valence-electron chi connectivity index (χ2n) is 5.30. The number of benzene rings is 2. The normalized spacial score (nSPS) is 11.3. The van der Waals surface area contributed by atoms with Crippen molar-refractivity contribution in [3.05, 3.63) is 70.3 Å². The molecule has 130 valence electrons. The second-order valence-corrected chi connectivity index (χ2v) is 8.91. The molecule has 3 rings (SSSR count). The van der Waals surface area contributed by atoms with Crippen molar-refractivity contribution in [2.45, 2.75) is 11.1 Å². The summed E-state index contributed by atoms with van der Waals surface area (Å²) >= 11 is 6.96. The molecule has 0 aliphatic rings. The highest BCUT2D eigenvalue weighted by Crippen LogP contribution is 2.26. The van der Waals surface area contributed by atoms with Crippen LogP contribution in [0.2, 0.25) is 5.02 Å². The number of thiophene rings is 1. The highest BCUT2D eigenvalue weighted by Gasteiger charge is 2.16. The van der Waals surface area contributed by atoms with Crippen LogP contribution < -0.4 is 10.0 Å². The number of anilines is 3. The maximum absolute atomic E-state index is 13.2. The molecule has 2 N–H and O–H groups in total. The number of rotatable bonds is 5. The summed E-state index contributed by atoms with van der Waals surface area (Å²) in [4.78, 5) is 0.929. The van der Waals surface area contributed by atoms with Gasteiger partial charge in [-0.3, -0.25) is 4.72 Å². The summed E-state index contributed by atoms with van der Waals surface area (Å²) in [6, 6.07) is 14.4. The summed E-state index contributed by atoms with van der Waals surface area (Å²) < 4.78 is 40.6. The predicted molar refractivity (Wildman–Crippen MR) is 101 cm³/mol. The molecule has 0 fully saturated rings. The molecular weight excluding hydrogens is 383 g/mol. The molecule has 1 heterocycles. The zero-order chi connectivity index (χ0) is 18.0. The summed E-state index contributed by atoms with van der Waals surface area (Å²) in [5.74, 6) is -0.485. The van der Waals surface area contributed by atoms with Gasteiger partial charge in [0.1, 0.15) is 10.0 Å². The van der Waals surface area contributed by atoms with Gasteiger partial charge in [0.25, 0.3) is 10.0 Å². The van der Waals surface area contributed by atoms with Crippen LogP contribution in [-0.2, 0) is 10.0 Å². The van der Waals surface area contributed by atoms with E-state index >= 15 is 0 Å². The zero-order valence-electron chi connectivity index (χ0n) is 13.1. The van der Waals surface area contributed by atoms with Crippen LogP contribution in [0.25, 0.3) is 0 Å². The summed E-state index contributed by atoms with van der Waals surface area (Å²) in [7, 11) is -3.59. The lowest BCUT2D eigenvalue weighted by Gasteiger charge is -2.10. The van der Waals surface area contributed by atoms with Gasteiger partial charge in [-0.15, -0.1) is 11.3 Å². The fraction of sp³-hybridized carbons (Fsp3) is 0.0588. The van der Waals surface area contributed by atoms with E-state index in [1.54, 1.807) is 42.5 Å². The van der Waals surface area contributed by atoms with Crippen molar-refractivity contribution >= 4 is 50.0 Å². The van der Waals surface area contributed by atoms with Gasteiger partial charge in [-0.1, -0.05) is 11.6 Å². The van der Waals surface area contributed by atoms with E-state index in [0.29, 0.717) is 11.4 Å². The maximum atomic E-state index is 13.2. The van der Waals surface area contributed by atoms with Gasteiger partial charge >= 0.3 is 0 Å². The Morgan fingerprint density at radius 1 is 0.960 bits per heavy atom. The molecule has 0 amide bonds. The van der Waals surface area contributed by atoms with Gasteiger partial charge in [-0.05, 0) is 61.5 Å². The van der Waals surface area contributed by atoms with Crippen LogP contribution in [0.3, 0.4) is 0 Å². The van der Waals surface area contributed by atoms with E-state index in [2.05, 4.69) is 10.0 Å². The molecule has 4 nitrogen and oxygen atoms in total. The first-order valence-electron chi connectivity index (χ1n) is 7.25. The molecule has 0 bridgehead atoms. The summed E-state index contributed by atoms with van der Waals surface area (Å²) in [5, 5.41) is 3.10. The van der Waals surface area contributed by atoms with Crippen molar-refractivity contribution in [2.24, 2.45) is 0 Å². The third-order valence-corrected chi connectivity index (χ3v) is 6.49. The van der Waals surface area contributed by atoms with E-state index in [1.165, 1.54) is 23.5 Å². The van der Waals surface area contributed by atoms with Crippen molar-refractivity contribution < 1.29 is 12.8 Å². The van der Waals surface area contributed by atoms with Crippen LogP contribution in [-0.4, -0.2) is 8.42 Å². The molecule has 1 aromatic heterocycles. The molecule has 0 aliphatic carbocycles. The Balaban J connectivity index is 1.72. The molecule has 0 saturated carbocycles. The lowest BCUT2D eigenvalue weighted by atomic mass is 10.2. The Morgan fingerprint density at radius 2 is 1.60 bits per heavy atom. The number of aryl methyl sites for hydroxylation is 1. The monoisotopic (exact) mass is 396 g/mol. The lowest BCUT2D eigenvalue weighted by molar-refractivity contribution is 0.603. The zero-order valence-corrected chi connectivity index (χ0v) is 15.5. The molecule has 0 spiro atoms. The minimum absolute atomic E-state index is 0.0284. The topological polar surface area (TPSA) is 58.2 Å². The Labute approximate surface area is 154 Å². The Hall–Kier alpha value is -2.09. The van der Waals surface area contributed by atoms with Gasteiger partial charge in [-0.25, -0.2) is 12.8 Å². The fourth-order valence-corrected chi connectivity index (χ4v) is 4.65. The number of hydrogen-bond donors (Lipinski definition) is 2. The average molecular weight is 397 g/mol. The van der Waals surface area contributed by atoms with Crippen LogP contribution in [0.4, 0.5) is 21.5 Å². The molecule has 0 saturated heterocycles. The van der Waals surface area contributed by atoms with Crippen molar-refractivity contribution in [3.63, 3.8) is 0 Å². The minimum Gasteiger partial charge on any atom is -0.355 e. The molecule has 8 heteroatoms. The third kappa shape index (κ3) is 4.31. The maximum Gasteiger partial charge on any atom is 0.271 e. The average Bonchev–Trinajstić information content (AvgIpc) is 3.00. The van der Waals surface area contributed by atoms with Crippen molar-refractivity contribution in [3.8, 4) is 0 Å². The van der Waals surface area contributed by atoms with E-state index < -0.39 is 15.8 Å². The summed E-state index contributed by atoms with van der Waals surface area (Å²) in [6.07, 6.45) is 0. The smallest absolute Gasteiger partial charge is 0.271 e. The van der Waals surface area contributed by atoms with E-state index in [4.69, 9.17) is 11.6 Å². The molecule has 25 heavy (non-hydrogen) atoms. The SMILES string of the molecule is Cc1ccc(S(=O)(=O)Nc2ccc(Nc3ccc(F)c(Cl)c3)cc2)s1. The number of halogens is 2. The molecule has 0 aliphatic heterocycles. The van der Waals surface area contributed by atoms with Crippen LogP contribution in [0.5, 0.6) is 0 Å². The fourth-order valence-electron chi connectivity index (χ4n) is 2.12. The van der Waals surface area contributed by atoms with E-state index in [0.717, 1.165) is 10.6 Å². The second kappa shape index (κ2) is 7.03. The Kier molecular flexibility index (Phi) is 4.99. The highest BCUT2D eigenvalue weighted by atomic mass is 35.5. The first-order valence-corrected chi connectivity index (χ1v) is 9.93. The van der Waals surface area contributed by atoms with Gasteiger partial charge in [0.15, 0.2) is 0 Å². The van der Waals surface area contributed by atoms with Gasteiger partial charge in [0, 0.05) is 21.9 Å².